The number of rotatable bonds is 9. The summed E-state index contributed by atoms with van der Waals surface area (Å²) in [6, 6.07) is 17.3. The van der Waals surface area contributed by atoms with Crippen LogP contribution in [0.5, 0.6) is 5.75 Å². The molecule has 1 N–H and O–H groups in total. The molecule has 2 aromatic carbocycles. The third-order valence-corrected chi connectivity index (χ3v) is 6.52. The van der Waals surface area contributed by atoms with E-state index in [-0.39, 0.29) is 11.5 Å². The standard InChI is InChI=1S/C27H38O2/c1-4-5-9-17-27(2,3)23-15-16-25(22-13-10-14-24(28)18-22)26(19-23)29-20-21-11-7-6-8-12-21/h6-8,11-12,15-16,19,22,24,28H,4-5,9-10,13-14,17-18,20H2,1-3H3/t22-,24-/m1/s1. The second-order valence-corrected chi connectivity index (χ2v) is 9.39. The van der Waals surface area contributed by atoms with Crippen molar-refractivity contribution < 1.29 is 9.84 Å². The molecule has 2 atom stereocenters. The number of ether oxygens (including phenoxy) is 1. The van der Waals surface area contributed by atoms with E-state index in [1.165, 1.54) is 42.4 Å². The Morgan fingerprint density at radius 1 is 1.03 bits per heavy atom. The van der Waals surface area contributed by atoms with E-state index in [0.29, 0.717) is 12.5 Å². The molecule has 0 saturated heterocycles. The van der Waals surface area contributed by atoms with E-state index in [0.717, 1.165) is 31.4 Å². The zero-order valence-electron chi connectivity index (χ0n) is 18.5. The van der Waals surface area contributed by atoms with Gasteiger partial charge < -0.3 is 9.84 Å². The highest BCUT2D eigenvalue weighted by Crippen LogP contribution is 2.40. The zero-order valence-corrected chi connectivity index (χ0v) is 18.5. The highest BCUT2D eigenvalue weighted by Gasteiger charge is 2.27. The lowest BCUT2D eigenvalue weighted by Gasteiger charge is -2.30. The molecule has 0 amide bonds. The van der Waals surface area contributed by atoms with Crippen molar-refractivity contribution in [1.29, 1.82) is 0 Å². The Kier molecular flexibility index (Phi) is 7.77. The summed E-state index contributed by atoms with van der Waals surface area (Å²) in [6.07, 6.45) is 8.83. The lowest BCUT2D eigenvalue weighted by molar-refractivity contribution is 0.118. The average molecular weight is 395 g/mol. The third kappa shape index (κ3) is 6.09. The van der Waals surface area contributed by atoms with E-state index in [9.17, 15) is 5.11 Å². The second kappa shape index (κ2) is 10.3. The molecule has 0 aliphatic heterocycles. The first-order valence-corrected chi connectivity index (χ1v) is 11.5. The second-order valence-electron chi connectivity index (χ2n) is 9.39. The molecule has 0 spiro atoms. The number of hydrogen-bond donors (Lipinski definition) is 1. The first kappa shape index (κ1) is 21.9. The van der Waals surface area contributed by atoms with Gasteiger partial charge in [-0.15, -0.1) is 0 Å². The first-order valence-electron chi connectivity index (χ1n) is 11.5. The van der Waals surface area contributed by atoms with Crippen molar-refractivity contribution in [3.8, 4) is 5.75 Å². The summed E-state index contributed by atoms with van der Waals surface area (Å²) in [5.41, 5.74) is 3.96. The number of benzene rings is 2. The Balaban J connectivity index is 1.84. The number of hydrogen-bond acceptors (Lipinski definition) is 2. The minimum absolute atomic E-state index is 0.143. The van der Waals surface area contributed by atoms with Gasteiger partial charge in [0.15, 0.2) is 0 Å². The predicted molar refractivity (Wildman–Crippen MR) is 122 cm³/mol. The van der Waals surface area contributed by atoms with Crippen molar-refractivity contribution in [3.63, 3.8) is 0 Å². The van der Waals surface area contributed by atoms with E-state index in [2.05, 4.69) is 63.2 Å². The van der Waals surface area contributed by atoms with Crippen molar-refractivity contribution in [2.75, 3.05) is 0 Å². The molecule has 1 aliphatic carbocycles. The number of aliphatic hydroxyl groups is 1. The summed E-state index contributed by atoms with van der Waals surface area (Å²) < 4.78 is 6.39. The number of unbranched alkanes of at least 4 members (excludes halogenated alkanes) is 2. The Morgan fingerprint density at radius 3 is 2.55 bits per heavy atom. The van der Waals surface area contributed by atoms with Gasteiger partial charge in [0.2, 0.25) is 0 Å². The molecular weight excluding hydrogens is 356 g/mol. The monoisotopic (exact) mass is 394 g/mol. The normalized spacial score (nSPS) is 19.9. The molecule has 0 radical (unpaired) electrons. The van der Waals surface area contributed by atoms with Crippen LogP contribution in [0.15, 0.2) is 48.5 Å². The van der Waals surface area contributed by atoms with Gasteiger partial charge in [-0.3, -0.25) is 0 Å². The van der Waals surface area contributed by atoms with E-state index in [4.69, 9.17) is 4.74 Å². The fourth-order valence-electron chi connectivity index (χ4n) is 4.56. The molecule has 29 heavy (non-hydrogen) atoms. The van der Waals surface area contributed by atoms with Crippen LogP contribution in [0.4, 0.5) is 0 Å². The Morgan fingerprint density at radius 2 is 1.83 bits per heavy atom. The van der Waals surface area contributed by atoms with Crippen molar-refractivity contribution in [2.24, 2.45) is 0 Å². The quantitative estimate of drug-likeness (QED) is 0.458. The lowest BCUT2D eigenvalue weighted by Crippen LogP contribution is -2.20. The van der Waals surface area contributed by atoms with Crippen LogP contribution < -0.4 is 4.74 Å². The molecular formula is C27H38O2. The van der Waals surface area contributed by atoms with E-state index >= 15 is 0 Å². The van der Waals surface area contributed by atoms with Crippen LogP contribution >= 0.6 is 0 Å². The maximum atomic E-state index is 10.2. The molecule has 3 rings (SSSR count). The van der Waals surface area contributed by atoms with Gasteiger partial charge in [0.1, 0.15) is 12.4 Å². The molecule has 0 aromatic heterocycles. The Bertz CT molecular complexity index is 750. The molecule has 2 nitrogen and oxygen atoms in total. The van der Waals surface area contributed by atoms with E-state index in [1.54, 1.807) is 0 Å². The largest absolute Gasteiger partial charge is 0.489 e. The summed E-state index contributed by atoms with van der Waals surface area (Å²) in [6.45, 7) is 7.55. The van der Waals surface area contributed by atoms with Gasteiger partial charge in [-0.25, -0.2) is 0 Å². The van der Waals surface area contributed by atoms with E-state index in [1.807, 2.05) is 6.07 Å². The van der Waals surface area contributed by atoms with Crippen molar-refractivity contribution >= 4 is 0 Å². The van der Waals surface area contributed by atoms with Crippen LogP contribution in [0, 0.1) is 0 Å². The van der Waals surface area contributed by atoms with Gasteiger partial charge in [0.25, 0.3) is 0 Å². The molecule has 2 aromatic rings. The number of aliphatic hydroxyl groups excluding tert-OH is 1. The van der Waals surface area contributed by atoms with Gasteiger partial charge in [-0.2, -0.15) is 0 Å². The van der Waals surface area contributed by atoms with Gasteiger partial charge in [0, 0.05) is 0 Å². The summed E-state index contributed by atoms with van der Waals surface area (Å²) >= 11 is 0. The molecule has 1 aliphatic rings. The molecule has 0 unspecified atom stereocenters. The topological polar surface area (TPSA) is 29.5 Å². The summed E-state index contributed by atoms with van der Waals surface area (Å²) in [7, 11) is 0. The van der Waals surface area contributed by atoms with Crippen molar-refractivity contribution in [1.82, 2.24) is 0 Å². The first-order chi connectivity index (χ1) is 14.0. The molecule has 0 bridgehead atoms. The fraction of sp³-hybridized carbons (Fsp3) is 0.556. The van der Waals surface area contributed by atoms with Gasteiger partial charge in [-0.05, 0) is 59.8 Å². The fourth-order valence-corrected chi connectivity index (χ4v) is 4.56. The molecule has 2 heteroatoms. The Hall–Kier alpha value is -1.80. The summed E-state index contributed by atoms with van der Waals surface area (Å²) in [5.74, 6) is 1.40. The minimum Gasteiger partial charge on any atom is -0.489 e. The minimum atomic E-state index is -0.180. The van der Waals surface area contributed by atoms with Crippen molar-refractivity contribution in [3.05, 3.63) is 65.2 Å². The zero-order chi connectivity index (χ0) is 20.7. The average Bonchev–Trinajstić information content (AvgIpc) is 2.73. The van der Waals surface area contributed by atoms with E-state index < -0.39 is 0 Å². The lowest BCUT2D eigenvalue weighted by atomic mass is 9.77. The van der Waals surface area contributed by atoms with Gasteiger partial charge in [0.05, 0.1) is 6.10 Å². The maximum absolute atomic E-state index is 10.2. The Labute approximate surface area is 177 Å². The molecule has 158 valence electrons. The van der Waals surface area contributed by atoms with Gasteiger partial charge >= 0.3 is 0 Å². The maximum Gasteiger partial charge on any atom is 0.123 e. The summed E-state index contributed by atoms with van der Waals surface area (Å²) in [4.78, 5) is 0. The molecule has 1 saturated carbocycles. The highest BCUT2D eigenvalue weighted by molar-refractivity contribution is 5.43. The molecule has 1 fully saturated rings. The molecule has 0 heterocycles. The van der Waals surface area contributed by atoms with Crippen LogP contribution in [0.1, 0.15) is 94.7 Å². The predicted octanol–water partition coefficient (Wildman–Crippen LogP) is 7.14. The van der Waals surface area contributed by atoms with Gasteiger partial charge in [-0.1, -0.05) is 88.9 Å². The smallest absolute Gasteiger partial charge is 0.123 e. The SMILES string of the molecule is CCCCCC(C)(C)c1ccc([C@@H]2CCC[C@@H](O)C2)c(OCc2ccccc2)c1. The van der Waals surface area contributed by atoms with Crippen LogP contribution in [-0.4, -0.2) is 11.2 Å². The van der Waals surface area contributed by atoms with Crippen LogP contribution in [-0.2, 0) is 12.0 Å². The van der Waals surface area contributed by atoms with Crippen LogP contribution in [0.3, 0.4) is 0 Å². The third-order valence-electron chi connectivity index (χ3n) is 6.52. The van der Waals surface area contributed by atoms with Crippen LogP contribution in [0.25, 0.3) is 0 Å². The summed E-state index contributed by atoms with van der Waals surface area (Å²) in [5, 5.41) is 10.2. The van der Waals surface area contributed by atoms with Crippen LogP contribution in [0.2, 0.25) is 0 Å². The highest BCUT2D eigenvalue weighted by atomic mass is 16.5. The van der Waals surface area contributed by atoms with Crippen molar-refractivity contribution in [2.45, 2.75) is 96.2 Å².